The van der Waals surface area contributed by atoms with Gasteiger partial charge in [-0.15, -0.1) is 0 Å². The summed E-state index contributed by atoms with van der Waals surface area (Å²) in [4.78, 5) is 37.4. The van der Waals surface area contributed by atoms with Gasteiger partial charge in [0.05, 0.1) is 6.04 Å². The minimum absolute atomic E-state index is 0.301. The van der Waals surface area contributed by atoms with Gasteiger partial charge in [0, 0.05) is 6.92 Å². The van der Waals surface area contributed by atoms with Gasteiger partial charge in [-0.3, -0.25) is 9.59 Å². The molecule has 0 heterocycles. The zero-order valence-electron chi connectivity index (χ0n) is 23.5. The molecule has 3 rings (SSSR count). The van der Waals surface area contributed by atoms with Gasteiger partial charge in [0.2, 0.25) is 12.2 Å². The second kappa shape index (κ2) is 15.0. The summed E-state index contributed by atoms with van der Waals surface area (Å²) in [5.41, 5.74) is 1.43. The van der Waals surface area contributed by atoms with Crippen molar-refractivity contribution in [2.75, 3.05) is 20.2 Å². The summed E-state index contributed by atoms with van der Waals surface area (Å²) in [7, 11) is 1.69. The van der Waals surface area contributed by atoms with E-state index in [1.807, 2.05) is 105 Å². The minimum atomic E-state index is -1.17. The lowest BCUT2D eigenvalue weighted by Crippen LogP contribution is -2.45. The third-order valence-corrected chi connectivity index (χ3v) is 6.32. The normalized spacial score (nSPS) is 12.8. The topological polar surface area (TPSA) is 103 Å². The summed E-state index contributed by atoms with van der Waals surface area (Å²) in [6.45, 7) is 4.71. The molecule has 2 unspecified atom stereocenters. The molecule has 212 valence electrons. The summed E-state index contributed by atoms with van der Waals surface area (Å²) in [6.07, 6.45) is -0.544. The molecule has 2 N–H and O–H groups in total. The molecule has 0 aliphatic rings. The van der Waals surface area contributed by atoms with Crippen LogP contribution in [0.3, 0.4) is 0 Å². The largest absolute Gasteiger partial charge is 0.424 e. The molecule has 2 atom stereocenters. The number of benzene rings is 3. The molecule has 3 aromatic carbocycles. The van der Waals surface area contributed by atoms with Crippen LogP contribution in [0, 0.1) is 5.92 Å². The van der Waals surface area contributed by atoms with Crippen LogP contribution in [0.5, 0.6) is 0 Å². The molecule has 0 aliphatic carbocycles. The Hall–Kier alpha value is -4.01. The Kier molecular flexibility index (Phi) is 11.4. The average molecular weight is 547 g/mol. The van der Waals surface area contributed by atoms with Crippen molar-refractivity contribution >= 4 is 17.8 Å². The highest BCUT2D eigenvalue weighted by molar-refractivity contribution is 5.85. The molecule has 0 saturated carbocycles. The van der Waals surface area contributed by atoms with E-state index in [2.05, 4.69) is 10.6 Å². The average Bonchev–Trinajstić information content (AvgIpc) is 2.96. The maximum absolute atomic E-state index is 12.9. The molecular weight excluding hydrogens is 508 g/mol. The lowest BCUT2D eigenvalue weighted by molar-refractivity contribution is -0.189. The molecule has 8 heteroatoms. The van der Waals surface area contributed by atoms with E-state index in [0.29, 0.717) is 12.3 Å². The molecule has 0 bridgehead atoms. The first kappa shape index (κ1) is 30.5. The summed E-state index contributed by atoms with van der Waals surface area (Å²) in [5.74, 6) is -1.42. The number of hydrogen-bond donors (Lipinski definition) is 2. The van der Waals surface area contributed by atoms with Crippen LogP contribution in [0.4, 0.5) is 0 Å². The quantitative estimate of drug-likeness (QED) is 0.178. The number of ether oxygens (including phenoxy) is 3. The van der Waals surface area contributed by atoms with E-state index in [-0.39, 0.29) is 12.5 Å². The van der Waals surface area contributed by atoms with Gasteiger partial charge in [-0.2, -0.15) is 0 Å². The molecule has 0 spiro atoms. The summed E-state index contributed by atoms with van der Waals surface area (Å²) < 4.78 is 16.9. The van der Waals surface area contributed by atoms with Crippen molar-refractivity contribution in [1.29, 1.82) is 0 Å². The number of hydrogen-bond acceptors (Lipinski definition) is 7. The predicted molar refractivity (Wildman–Crippen MR) is 152 cm³/mol. The fourth-order valence-electron chi connectivity index (χ4n) is 4.52. The van der Waals surface area contributed by atoms with E-state index in [9.17, 15) is 14.4 Å². The van der Waals surface area contributed by atoms with Crippen LogP contribution in [0.15, 0.2) is 91.0 Å². The van der Waals surface area contributed by atoms with Gasteiger partial charge in [0.1, 0.15) is 18.8 Å². The molecule has 0 fully saturated rings. The monoisotopic (exact) mass is 546 g/mol. The van der Waals surface area contributed by atoms with E-state index in [0.717, 1.165) is 16.7 Å². The fourth-order valence-corrected chi connectivity index (χ4v) is 4.52. The van der Waals surface area contributed by atoms with Gasteiger partial charge >= 0.3 is 11.9 Å². The van der Waals surface area contributed by atoms with Crippen molar-refractivity contribution in [1.82, 2.24) is 10.6 Å². The number of carbonyl (C=O) groups is 3. The molecule has 1 amide bonds. The van der Waals surface area contributed by atoms with Crippen LogP contribution in [-0.2, 0) is 34.2 Å². The van der Waals surface area contributed by atoms with Crippen molar-refractivity contribution < 1.29 is 28.6 Å². The third kappa shape index (κ3) is 8.24. The Labute approximate surface area is 236 Å². The van der Waals surface area contributed by atoms with Gasteiger partial charge in [0.25, 0.3) is 0 Å². The summed E-state index contributed by atoms with van der Waals surface area (Å²) in [6, 6.07) is 28.5. The highest BCUT2D eigenvalue weighted by atomic mass is 16.7. The first-order valence-corrected chi connectivity index (χ1v) is 13.4. The van der Waals surface area contributed by atoms with E-state index in [1.54, 1.807) is 7.05 Å². The standard InChI is InChI=1S/C32H38N2O6/c1-23(2)20-28(33-4)31(37)34-21-29(35)39-24(3)40-30(36)22-38-32(25-14-8-5-9-15-25,26-16-10-6-11-17-26)27-18-12-7-13-19-27/h5-19,23-24,28,33H,20-22H2,1-4H3,(H,34,37). The Morgan fingerprint density at radius 2 is 1.18 bits per heavy atom. The first-order chi connectivity index (χ1) is 19.3. The van der Waals surface area contributed by atoms with Gasteiger partial charge in [-0.25, -0.2) is 4.79 Å². The Morgan fingerprint density at radius 3 is 1.60 bits per heavy atom. The minimum Gasteiger partial charge on any atom is -0.424 e. The zero-order chi connectivity index (χ0) is 29.0. The van der Waals surface area contributed by atoms with Crippen molar-refractivity contribution in [3.05, 3.63) is 108 Å². The Balaban J connectivity index is 1.67. The first-order valence-electron chi connectivity index (χ1n) is 13.4. The molecule has 0 aromatic heterocycles. The van der Waals surface area contributed by atoms with Crippen LogP contribution in [0.1, 0.15) is 43.9 Å². The zero-order valence-corrected chi connectivity index (χ0v) is 23.5. The Morgan fingerprint density at radius 1 is 0.725 bits per heavy atom. The maximum atomic E-state index is 12.9. The fraction of sp³-hybridized carbons (Fsp3) is 0.344. The molecule has 0 aliphatic heterocycles. The molecule has 40 heavy (non-hydrogen) atoms. The van der Waals surface area contributed by atoms with E-state index < -0.39 is 36.5 Å². The van der Waals surface area contributed by atoms with E-state index in [1.165, 1.54) is 6.92 Å². The molecule has 8 nitrogen and oxygen atoms in total. The van der Waals surface area contributed by atoms with Crippen LogP contribution < -0.4 is 10.6 Å². The molecule has 0 radical (unpaired) electrons. The summed E-state index contributed by atoms with van der Waals surface area (Å²) in [5, 5.41) is 5.49. The number of carbonyl (C=O) groups excluding carboxylic acids is 3. The van der Waals surface area contributed by atoms with Crippen molar-refractivity contribution in [2.24, 2.45) is 5.92 Å². The second-order valence-corrected chi connectivity index (χ2v) is 9.80. The number of esters is 2. The number of rotatable bonds is 14. The third-order valence-electron chi connectivity index (χ3n) is 6.32. The number of likely N-dealkylation sites (N-methyl/N-ethyl adjacent to an activating group) is 1. The summed E-state index contributed by atoms with van der Waals surface area (Å²) >= 11 is 0. The van der Waals surface area contributed by atoms with Crippen molar-refractivity contribution in [2.45, 2.75) is 45.1 Å². The van der Waals surface area contributed by atoms with Crippen LogP contribution >= 0.6 is 0 Å². The maximum Gasteiger partial charge on any atom is 0.335 e. The smallest absolute Gasteiger partial charge is 0.335 e. The highest BCUT2D eigenvalue weighted by Gasteiger charge is 2.38. The van der Waals surface area contributed by atoms with Gasteiger partial charge in [0.15, 0.2) is 0 Å². The van der Waals surface area contributed by atoms with Crippen LogP contribution in [0.25, 0.3) is 0 Å². The molecule has 0 saturated heterocycles. The number of amides is 1. The predicted octanol–water partition coefficient (Wildman–Crippen LogP) is 4.18. The Bertz CT molecular complexity index is 1120. The molecular formula is C32H38N2O6. The van der Waals surface area contributed by atoms with Crippen LogP contribution in [-0.4, -0.2) is 50.4 Å². The molecule has 3 aromatic rings. The lowest BCUT2D eigenvalue weighted by atomic mass is 9.80. The van der Waals surface area contributed by atoms with E-state index >= 15 is 0 Å². The van der Waals surface area contributed by atoms with Crippen LogP contribution in [0.2, 0.25) is 0 Å². The number of nitrogens with one attached hydrogen (secondary N) is 2. The van der Waals surface area contributed by atoms with Gasteiger partial charge in [-0.1, -0.05) is 105 Å². The second-order valence-electron chi connectivity index (χ2n) is 9.80. The lowest BCUT2D eigenvalue weighted by Gasteiger charge is -2.35. The van der Waals surface area contributed by atoms with Crippen molar-refractivity contribution in [3.8, 4) is 0 Å². The van der Waals surface area contributed by atoms with Crippen molar-refractivity contribution in [3.63, 3.8) is 0 Å². The highest BCUT2D eigenvalue weighted by Crippen LogP contribution is 2.40. The van der Waals surface area contributed by atoms with Gasteiger partial charge < -0.3 is 24.8 Å². The SMILES string of the molecule is CNC(CC(C)C)C(=O)NCC(=O)OC(C)OC(=O)COC(c1ccccc1)(c1ccccc1)c1ccccc1. The van der Waals surface area contributed by atoms with Gasteiger partial charge in [-0.05, 0) is 36.1 Å². The van der Waals surface area contributed by atoms with E-state index in [4.69, 9.17) is 14.2 Å².